The van der Waals surface area contributed by atoms with E-state index in [0.29, 0.717) is 11.3 Å². The summed E-state index contributed by atoms with van der Waals surface area (Å²) in [5.41, 5.74) is 8.01. The molecule has 1 rings (SSSR count). The van der Waals surface area contributed by atoms with Crippen LogP contribution in [-0.4, -0.2) is 29.5 Å². The summed E-state index contributed by atoms with van der Waals surface area (Å²) in [7, 11) is 1.46. The summed E-state index contributed by atoms with van der Waals surface area (Å²) in [4.78, 5) is 11.0. The highest BCUT2D eigenvalue weighted by atomic mass is 32.1. The number of benzene rings is 1. The van der Waals surface area contributed by atoms with Gasteiger partial charge in [-0.15, -0.1) is 0 Å². The molecule has 90 valence electrons. The van der Waals surface area contributed by atoms with Gasteiger partial charge in [0, 0.05) is 5.56 Å². The third-order valence-electron chi connectivity index (χ3n) is 1.87. The first-order valence-corrected chi connectivity index (χ1v) is 4.95. The van der Waals surface area contributed by atoms with Gasteiger partial charge in [-0.2, -0.15) is 5.10 Å². The first-order chi connectivity index (χ1) is 8.04. The maximum absolute atomic E-state index is 11.0. The number of hydrogen-bond acceptors (Lipinski definition) is 4. The zero-order valence-electron chi connectivity index (χ0n) is 9.01. The number of nitrogens with zero attached hydrogens (tertiary/aromatic N) is 1. The quantitative estimate of drug-likeness (QED) is 0.412. The van der Waals surface area contributed by atoms with E-state index in [2.05, 4.69) is 22.7 Å². The van der Waals surface area contributed by atoms with E-state index in [1.165, 1.54) is 19.4 Å². The third-order valence-corrected chi connectivity index (χ3v) is 1.96. The van der Waals surface area contributed by atoms with Crippen LogP contribution >= 0.6 is 12.2 Å². The van der Waals surface area contributed by atoms with E-state index >= 15 is 0 Å². The van der Waals surface area contributed by atoms with Crippen LogP contribution in [-0.2, 0) is 0 Å². The number of thiocarbonyl (C=S) groups is 1. The number of hydrazone groups is 1. The van der Waals surface area contributed by atoms with E-state index < -0.39 is 5.97 Å². The zero-order chi connectivity index (χ0) is 12.8. The van der Waals surface area contributed by atoms with Gasteiger partial charge in [-0.05, 0) is 30.4 Å². The van der Waals surface area contributed by atoms with Gasteiger partial charge in [0.2, 0.25) is 0 Å². The normalized spacial score (nSPS) is 10.2. The Bertz CT molecular complexity index is 474. The van der Waals surface area contributed by atoms with Crippen LogP contribution in [0.25, 0.3) is 0 Å². The van der Waals surface area contributed by atoms with Crippen LogP contribution in [0.3, 0.4) is 0 Å². The molecule has 1 aromatic carbocycles. The van der Waals surface area contributed by atoms with Crippen LogP contribution in [0.4, 0.5) is 0 Å². The molecule has 7 heteroatoms. The molecule has 0 atom stereocenters. The lowest BCUT2D eigenvalue weighted by Crippen LogP contribution is -2.24. The van der Waals surface area contributed by atoms with Crippen molar-refractivity contribution in [2.75, 3.05) is 7.11 Å². The molecule has 0 bridgehead atoms. The maximum atomic E-state index is 11.0. The van der Waals surface area contributed by atoms with Gasteiger partial charge < -0.3 is 15.6 Å². The van der Waals surface area contributed by atoms with Gasteiger partial charge in [0.05, 0.1) is 18.9 Å². The minimum Gasteiger partial charge on any atom is -0.497 e. The van der Waals surface area contributed by atoms with Gasteiger partial charge in [-0.25, -0.2) is 4.79 Å². The van der Waals surface area contributed by atoms with Crippen molar-refractivity contribution >= 4 is 29.5 Å². The molecule has 0 saturated carbocycles. The predicted molar refractivity (Wildman–Crippen MR) is 67.5 cm³/mol. The monoisotopic (exact) mass is 253 g/mol. The summed E-state index contributed by atoms with van der Waals surface area (Å²) in [5, 5.41) is 12.7. The third kappa shape index (κ3) is 3.72. The smallest absolute Gasteiger partial charge is 0.336 e. The fourth-order valence-corrected chi connectivity index (χ4v) is 1.18. The predicted octanol–water partition coefficient (Wildman–Crippen LogP) is 0.560. The van der Waals surface area contributed by atoms with Crippen molar-refractivity contribution in [1.82, 2.24) is 5.43 Å². The van der Waals surface area contributed by atoms with E-state index in [4.69, 9.17) is 15.6 Å². The molecule has 0 fully saturated rings. The fourth-order valence-electron chi connectivity index (χ4n) is 1.13. The van der Waals surface area contributed by atoms with Gasteiger partial charge in [-0.1, -0.05) is 0 Å². The van der Waals surface area contributed by atoms with Crippen molar-refractivity contribution in [1.29, 1.82) is 0 Å². The molecular formula is C10H11N3O3S. The largest absolute Gasteiger partial charge is 0.497 e. The first-order valence-electron chi connectivity index (χ1n) is 4.54. The molecular weight excluding hydrogens is 242 g/mol. The fraction of sp³-hybridized carbons (Fsp3) is 0.100. The molecule has 0 unspecified atom stereocenters. The van der Waals surface area contributed by atoms with E-state index in [0.717, 1.165) is 0 Å². The van der Waals surface area contributed by atoms with Crippen LogP contribution < -0.4 is 15.9 Å². The van der Waals surface area contributed by atoms with Crippen molar-refractivity contribution < 1.29 is 14.6 Å². The summed E-state index contributed by atoms with van der Waals surface area (Å²) >= 11 is 4.55. The van der Waals surface area contributed by atoms with Gasteiger partial charge in [0.1, 0.15) is 5.75 Å². The van der Waals surface area contributed by atoms with Crippen molar-refractivity contribution in [3.8, 4) is 5.75 Å². The minimum atomic E-state index is -1.07. The van der Waals surface area contributed by atoms with Gasteiger partial charge in [0.15, 0.2) is 5.11 Å². The molecule has 0 saturated heterocycles. The summed E-state index contributed by atoms with van der Waals surface area (Å²) in [5.74, 6) is -0.609. The molecule has 4 N–H and O–H groups in total. The molecule has 0 aromatic heterocycles. The van der Waals surface area contributed by atoms with E-state index in [-0.39, 0.29) is 10.7 Å². The van der Waals surface area contributed by atoms with Crippen molar-refractivity contribution in [3.63, 3.8) is 0 Å². The molecule has 0 radical (unpaired) electrons. The Morgan fingerprint density at radius 2 is 2.35 bits per heavy atom. The summed E-state index contributed by atoms with van der Waals surface area (Å²) in [6.45, 7) is 0. The summed E-state index contributed by atoms with van der Waals surface area (Å²) in [6.07, 6.45) is 1.32. The van der Waals surface area contributed by atoms with Crippen LogP contribution in [0.1, 0.15) is 15.9 Å². The number of nitrogens with one attached hydrogen (secondary N) is 1. The lowest BCUT2D eigenvalue weighted by molar-refractivity contribution is 0.0696. The number of hydrogen-bond donors (Lipinski definition) is 3. The summed E-state index contributed by atoms with van der Waals surface area (Å²) in [6, 6.07) is 4.62. The Balaban J connectivity index is 3.02. The Morgan fingerprint density at radius 3 is 2.88 bits per heavy atom. The van der Waals surface area contributed by atoms with E-state index in [1.807, 2.05) is 0 Å². The number of ether oxygens (including phenoxy) is 1. The molecule has 0 heterocycles. The molecule has 6 nitrogen and oxygen atoms in total. The number of aromatic carboxylic acids is 1. The molecule has 0 amide bonds. The summed E-state index contributed by atoms with van der Waals surface area (Å²) < 4.78 is 4.94. The Hall–Kier alpha value is -2.15. The number of nitrogens with two attached hydrogens (primary N) is 1. The van der Waals surface area contributed by atoms with Gasteiger partial charge in [-0.3, -0.25) is 5.43 Å². The molecule has 0 spiro atoms. The zero-order valence-corrected chi connectivity index (χ0v) is 9.82. The molecule has 17 heavy (non-hydrogen) atoms. The standard InChI is InChI=1S/C10H11N3O3S/c1-16-7-3-2-6(5-12-13-10(11)17)8(4-7)9(14)15/h2-5H,1H3,(H,14,15)(H3,11,13,17). The van der Waals surface area contributed by atoms with Crippen LogP contribution in [0.2, 0.25) is 0 Å². The second-order valence-corrected chi connectivity index (χ2v) is 3.43. The van der Waals surface area contributed by atoms with Gasteiger partial charge >= 0.3 is 5.97 Å². The highest BCUT2D eigenvalue weighted by molar-refractivity contribution is 7.80. The molecule has 0 aliphatic rings. The number of rotatable bonds is 4. The SMILES string of the molecule is COc1ccc(C=NNC(N)=S)c(C(=O)O)c1. The van der Waals surface area contributed by atoms with Crippen molar-refractivity contribution in [2.24, 2.45) is 10.8 Å². The van der Waals surface area contributed by atoms with Crippen LogP contribution in [0, 0.1) is 0 Å². The van der Waals surface area contributed by atoms with E-state index in [9.17, 15) is 4.79 Å². The lowest BCUT2D eigenvalue weighted by Gasteiger charge is -2.04. The highest BCUT2D eigenvalue weighted by Crippen LogP contribution is 2.16. The van der Waals surface area contributed by atoms with Crippen molar-refractivity contribution in [3.05, 3.63) is 29.3 Å². The molecule has 0 aliphatic heterocycles. The Labute approximate surface area is 103 Å². The molecule has 0 aliphatic carbocycles. The second kappa shape index (κ2) is 5.80. The maximum Gasteiger partial charge on any atom is 0.336 e. The molecule has 1 aromatic rings. The number of carboxylic acid groups (broad SMARTS) is 1. The van der Waals surface area contributed by atoms with Crippen LogP contribution in [0.15, 0.2) is 23.3 Å². The minimum absolute atomic E-state index is 0.00615. The van der Waals surface area contributed by atoms with Gasteiger partial charge in [0.25, 0.3) is 0 Å². The lowest BCUT2D eigenvalue weighted by atomic mass is 10.1. The number of methoxy groups -OCH3 is 1. The number of carboxylic acids is 1. The van der Waals surface area contributed by atoms with E-state index in [1.54, 1.807) is 12.1 Å². The Kier molecular flexibility index (Phi) is 4.41. The topological polar surface area (TPSA) is 96.9 Å². The van der Waals surface area contributed by atoms with Crippen molar-refractivity contribution in [2.45, 2.75) is 0 Å². The Morgan fingerprint density at radius 1 is 1.65 bits per heavy atom. The number of carbonyl (C=O) groups is 1. The average molecular weight is 253 g/mol. The average Bonchev–Trinajstić information content (AvgIpc) is 2.28. The van der Waals surface area contributed by atoms with Crippen LogP contribution in [0.5, 0.6) is 5.75 Å². The first kappa shape index (κ1) is 12.9. The second-order valence-electron chi connectivity index (χ2n) is 2.99. The highest BCUT2D eigenvalue weighted by Gasteiger charge is 2.09.